The van der Waals surface area contributed by atoms with Crippen LogP contribution in [0.5, 0.6) is 0 Å². The minimum Gasteiger partial charge on any atom is -0.466 e. The predicted molar refractivity (Wildman–Crippen MR) is 76.4 cm³/mol. The number of hydrogen-bond acceptors (Lipinski definition) is 3. The first-order valence-corrected chi connectivity index (χ1v) is 7.37. The minimum absolute atomic E-state index is 0.287. The SMILES string of the molecule is COC(=O)/C=C/C/C=C\[C@H]1C2CCC(CC2)C1CN. The van der Waals surface area contributed by atoms with Crippen molar-refractivity contribution in [1.29, 1.82) is 0 Å². The second-order valence-corrected chi connectivity index (χ2v) is 5.74. The second-order valence-electron chi connectivity index (χ2n) is 5.74. The molecule has 2 N–H and O–H groups in total. The van der Waals surface area contributed by atoms with E-state index in [1.54, 1.807) is 0 Å². The summed E-state index contributed by atoms with van der Waals surface area (Å²) < 4.78 is 4.56. The number of fused-ring (bicyclic) bond motifs is 3. The Morgan fingerprint density at radius 2 is 1.89 bits per heavy atom. The van der Waals surface area contributed by atoms with Crippen LogP contribution in [0, 0.1) is 23.7 Å². The normalized spacial score (nSPS) is 34.2. The van der Waals surface area contributed by atoms with Crippen LogP contribution in [0.15, 0.2) is 24.3 Å². The third kappa shape index (κ3) is 3.47. The molecule has 0 aliphatic heterocycles. The van der Waals surface area contributed by atoms with E-state index < -0.39 is 0 Å². The Bertz CT molecular complexity index is 354. The molecule has 3 aliphatic rings. The smallest absolute Gasteiger partial charge is 0.330 e. The van der Waals surface area contributed by atoms with Gasteiger partial charge in [0.1, 0.15) is 0 Å². The lowest BCUT2D eigenvalue weighted by Crippen LogP contribution is -2.42. The van der Waals surface area contributed by atoms with Gasteiger partial charge in [-0.2, -0.15) is 0 Å². The van der Waals surface area contributed by atoms with Gasteiger partial charge in [0.05, 0.1) is 7.11 Å². The third-order valence-electron chi connectivity index (χ3n) is 4.82. The molecular weight excluding hydrogens is 238 g/mol. The summed E-state index contributed by atoms with van der Waals surface area (Å²) in [5.41, 5.74) is 5.96. The Morgan fingerprint density at radius 1 is 1.21 bits per heavy atom. The quantitative estimate of drug-likeness (QED) is 0.471. The van der Waals surface area contributed by atoms with Gasteiger partial charge in [0.2, 0.25) is 0 Å². The van der Waals surface area contributed by atoms with Crippen LogP contribution < -0.4 is 5.73 Å². The molecule has 3 heteroatoms. The number of carbonyl (C=O) groups excluding carboxylic acids is 1. The number of methoxy groups -OCH3 is 1. The van der Waals surface area contributed by atoms with Gasteiger partial charge in [0.15, 0.2) is 0 Å². The predicted octanol–water partition coefficient (Wildman–Crippen LogP) is 2.67. The number of esters is 1. The molecule has 3 nitrogen and oxygen atoms in total. The highest BCUT2D eigenvalue weighted by atomic mass is 16.5. The number of nitrogens with two attached hydrogens (primary N) is 1. The number of hydrogen-bond donors (Lipinski definition) is 1. The zero-order chi connectivity index (χ0) is 13.7. The van der Waals surface area contributed by atoms with Gasteiger partial charge in [-0.1, -0.05) is 18.2 Å². The minimum atomic E-state index is -0.287. The first kappa shape index (κ1) is 14.3. The van der Waals surface area contributed by atoms with Crippen LogP contribution in [0.4, 0.5) is 0 Å². The fraction of sp³-hybridized carbons (Fsp3) is 0.688. The van der Waals surface area contributed by atoms with Crippen molar-refractivity contribution in [3.05, 3.63) is 24.3 Å². The molecule has 0 heterocycles. The molecule has 0 aromatic carbocycles. The van der Waals surface area contributed by atoms with Crippen molar-refractivity contribution >= 4 is 5.97 Å². The summed E-state index contributed by atoms with van der Waals surface area (Å²) in [6, 6.07) is 0. The number of allylic oxidation sites excluding steroid dienone is 3. The van der Waals surface area contributed by atoms with Crippen LogP contribution in [0.3, 0.4) is 0 Å². The van der Waals surface area contributed by atoms with Crippen LogP contribution in [0.2, 0.25) is 0 Å². The van der Waals surface area contributed by atoms with Crippen molar-refractivity contribution < 1.29 is 9.53 Å². The lowest BCUT2D eigenvalue weighted by atomic mass is 9.58. The molecule has 0 aromatic rings. The molecule has 3 saturated carbocycles. The van der Waals surface area contributed by atoms with Gasteiger partial charge in [-0.25, -0.2) is 4.79 Å². The van der Waals surface area contributed by atoms with E-state index >= 15 is 0 Å². The largest absolute Gasteiger partial charge is 0.466 e. The van der Waals surface area contributed by atoms with Gasteiger partial charge in [-0.05, 0) is 62.3 Å². The molecule has 0 amide bonds. The molecule has 1 unspecified atom stereocenters. The molecule has 0 aromatic heterocycles. The van der Waals surface area contributed by atoms with Crippen molar-refractivity contribution in [2.45, 2.75) is 32.1 Å². The van der Waals surface area contributed by atoms with Gasteiger partial charge in [-0.15, -0.1) is 0 Å². The number of carbonyl (C=O) groups is 1. The maximum atomic E-state index is 10.9. The molecule has 0 saturated heterocycles. The van der Waals surface area contributed by atoms with Crippen LogP contribution in [0.1, 0.15) is 32.1 Å². The van der Waals surface area contributed by atoms with Crippen LogP contribution in [0.25, 0.3) is 0 Å². The molecule has 3 rings (SSSR count). The Kier molecular flexibility index (Phi) is 5.20. The first-order chi connectivity index (χ1) is 9.26. The molecular formula is C16H25NO2. The maximum absolute atomic E-state index is 10.9. The average Bonchev–Trinajstić information content (AvgIpc) is 2.47. The number of rotatable bonds is 5. The van der Waals surface area contributed by atoms with Crippen LogP contribution >= 0.6 is 0 Å². The maximum Gasteiger partial charge on any atom is 0.330 e. The Balaban J connectivity index is 1.87. The standard InChI is InChI=1S/C16H25NO2/c1-19-16(18)6-4-2-3-5-14-12-7-9-13(10-8-12)15(14)11-17/h3-6,12-15H,2,7-11,17H2,1H3/b5-3-,6-4+/t12?,13?,14-,15?/m0/s1. The summed E-state index contributed by atoms with van der Waals surface area (Å²) in [5, 5.41) is 0. The fourth-order valence-corrected chi connectivity index (χ4v) is 3.82. The molecule has 2 bridgehead atoms. The Hall–Kier alpha value is -1.09. The summed E-state index contributed by atoms with van der Waals surface area (Å²) in [6.45, 7) is 0.814. The van der Waals surface area contributed by atoms with E-state index in [-0.39, 0.29) is 5.97 Å². The van der Waals surface area contributed by atoms with E-state index in [1.807, 2.05) is 6.08 Å². The molecule has 0 spiro atoms. The van der Waals surface area contributed by atoms with Crippen molar-refractivity contribution in [2.24, 2.45) is 29.4 Å². The molecule has 19 heavy (non-hydrogen) atoms. The monoisotopic (exact) mass is 263 g/mol. The van der Waals surface area contributed by atoms with Gasteiger partial charge in [0, 0.05) is 6.08 Å². The van der Waals surface area contributed by atoms with E-state index in [1.165, 1.54) is 38.9 Å². The summed E-state index contributed by atoms with van der Waals surface area (Å²) in [7, 11) is 1.40. The van der Waals surface area contributed by atoms with Crippen molar-refractivity contribution in [3.8, 4) is 0 Å². The first-order valence-electron chi connectivity index (χ1n) is 7.37. The second kappa shape index (κ2) is 6.90. The average molecular weight is 263 g/mol. The summed E-state index contributed by atoms with van der Waals surface area (Å²) >= 11 is 0. The van der Waals surface area contributed by atoms with Crippen LogP contribution in [-0.2, 0) is 9.53 Å². The molecule has 0 radical (unpaired) electrons. The van der Waals surface area contributed by atoms with Crippen molar-refractivity contribution in [1.82, 2.24) is 0 Å². The lowest BCUT2D eigenvalue weighted by molar-refractivity contribution is -0.134. The van der Waals surface area contributed by atoms with E-state index in [4.69, 9.17) is 5.73 Å². The fourth-order valence-electron chi connectivity index (χ4n) is 3.82. The molecule has 3 aliphatic carbocycles. The van der Waals surface area contributed by atoms with Gasteiger partial charge in [0.25, 0.3) is 0 Å². The molecule has 2 atom stereocenters. The van der Waals surface area contributed by atoms with Crippen molar-refractivity contribution in [2.75, 3.05) is 13.7 Å². The van der Waals surface area contributed by atoms with E-state index in [9.17, 15) is 4.79 Å². The topological polar surface area (TPSA) is 52.3 Å². The highest BCUT2D eigenvalue weighted by molar-refractivity contribution is 5.81. The third-order valence-corrected chi connectivity index (χ3v) is 4.82. The van der Waals surface area contributed by atoms with Gasteiger partial charge >= 0.3 is 5.97 Å². The van der Waals surface area contributed by atoms with Crippen LogP contribution in [-0.4, -0.2) is 19.6 Å². The van der Waals surface area contributed by atoms with Gasteiger partial charge in [-0.3, -0.25) is 0 Å². The molecule has 106 valence electrons. The summed E-state index contributed by atoms with van der Waals surface area (Å²) in [5.74, 6) is 2.72. The zero-order valence-corrected chi connectivity index (χ0v) is 11.8. The van der Waals surface area contributed by atoms with E-state index in [0.717, 1.165) is 24.8 Å². The zero-order valence-electron chi connectivity index (χ0n) is 11.8. The highest BCUT2D eigenvalue weighted by Gasteiger charge is 2.41. The van der Waals surface area contributed by atoms with E-state index in [2.05, 4.69) is 16.9 Å². The highest BCUT2D eigenvalue weighted by Crippen LogP contribution is 2.48. The van der Waals surface area contributed by atoms with Gasteiger partial charge < -0.3 is 10.5 Å². The van der Waals surface area contributed by atoms with Crippen molar-refractivity contribution in [3.63, 3.8) is 0 Å². The number of ether oxygens (including phenoxy) is 1. The Labute approximate surface area is 115 Å². The Morgan fingerprint density at radius 3 is 2.53 bits per heavy atom. The molecule has 3 fully saturated rings. The van der Waals surface area contributed by atoms with E-state index in [0.29, 0.717) is 11.8 Å². The lowest BCUT2D eigenvalue weighted by Gasteiger charge is -2.47. The summed E-state index contributed by atoms with van der Waals surface area (Å²) in [6.07, 6.45) is 14.1. The summed E-state index contributed by atoms with van der Waals surface area (Å²) in [4.78, 5) is 10.9.